The highest BCUT2D eigenvalue weighted by Crippen LogP contribution is 2.32. The molecule has 0 aliphatic carbocycles. The van der Waals surface area contributed by atoms with Crippen molar-refractivity contribution in [3.63, 3.8) is 0 Å². The number of ether oxygens (including phenoxy) is 1. The first-order valence-electron chi connectivity index (χ1n) is 5.86. The van der Waals surface area contributed by atoms with Crippen LogP contribution in [0.4, 0.5) is 0 Å². The summed E-state index contributed by atoms with van der Waals surface area (Å²) in [6, 6.07) is 12.8. The first kappa shape index (κ1) is 12.4. The minimum Gasteiger partial charge on any atom is -0.437 e. The first-order valence-corrected chi connectivity index (χ1v) is 6.23. The third-order valence-electron chi connectivity index (χ3n) is 2.79. The molecule has 5 heteroatoms. The van der Waals surface area contributed by atoms with Gasteiger partial charge in [0.05, 0.1) is 11.1 Å². The SMILES string of the molecule is N#Cc1ccnc(Oc2cccc3ncccc23)c1Cl. The summed E-state index contributed by atoms with van der Waals surface area (Å²) in [5.41, 5.74) is 1.15. The number of benzene rings is 1. The molecule has 0 saturated heterocycles. The van der Waals surface area contributed by atoms with Crippen LogP contribution in [0.15, 0.2) is 48.8 Å². The first-order chi connectivity index (χ1) is 9.79. The summed E-state index contributed by atoms with van der Waals surface area (Å²) in [7, 11) is 0. The summed E-state index contributed by atoms with van der Waals surface area (Å²) >= 11 is 6.08. The summed E-state index contributed by atoms with van der Waals surface area (Å²) in [6.07, 6.45) is 3.21. The van der Waals surface area contributed by atoms with Crippen LogP contribution in [0, 0.1) is 11.3 Å². The molecule has 2 aromatic heterocycles. The van der Waals surface area contributed by atoms with Gasteiger partial charge in [0, 0.05) is 17.8 Å². The fraction of sp³-hybridized carbons (Fsp3) is 0. The van der Waals surface area contributed by atoms with Crippen LogP contribution in [0.25, 0.3) is 10.9 Å². The van der Waals surface area contributed by atoms with Crippen molar-refractivity contribution >= 4 is 22.5 Å². The summed E-state index contributed by atoms with van der Waals surface area (Å²) < 4.78 is 5.73. The maximum atomic E-state index is 8.95. The maximum absolute atomic E-state index is 8.95. The third kappa shape index (κ3) is 2.15. The molecule has 20 heavy (non-hydrogen) atoms. The Morgan fingerprint density at radius 2 is 1.95 bits per heavy atom. The predicted octanol–water partition coefficient (Wildman–Crippen LogP) is 3.95. The number of pyridine rings is 2. The van der Waals surface area contributed by atoms with Crippen molar-refractivity contribution in [3.05, 3.63) is 59.4 Å². The van der Waals surface area contributed by atoms with Crippen LogP contribution in [0.1, 0.15) is 5.56 Å². The van der Waals surface area contributed by atoms with Crippen molar-refractivity contribution in [2.24, 2.45) is 0 Å². The Morgan fingerprint density at radius 3 is 2.80 bits per heavy atom. The molecule has 0 radical (unpaired) electrons. The lowest BCUT2D eigenvalue weighted by molar-refractivity contribution is 0.468. The zero-order chi connectivity index (χ0) is 13.9. The maximum Gasteiger partial charge on any atom is 0.239 e. The van der Waals surface area contributed by atoms with Gasteiger partial charge in [-0.05, 0) is 30.3 Å². The quantitative estimate of drug-likeness (QED) is 0.714. The molecule has 0 aliphatic rings. The number of fused-ring (bicyclic) bond motifs is 1. The van der Waals surface area contributed by atoms with Crippen LogP contribution in [-0.2, 0) is 0 Å². The topological polar surface area (TPSA) is 58.8 Å². The van der Waals surface area contributed by atoms with E-state index in [-0.39, 0.29) is 10.9 Å². The molecule has 2 heterocycles. The molecule has 0 saturated carbocycles. The summed E-state index contributed by atoms with van der Waals surface area (Å²) in [5, 5.41) is 10.0. The summed E-state index contributed by atoms with van der Waals surface area (Å²) in [5.74, 6) is 0.808. The Balaban J connectivity index is 2.09. The Morgan fingerprint density at radius 1 is 1.05 bits per heavy atom. The highest BCUT2D eigenvalue weighted by Gasteiger charge is 2.11. The van der Waals surface area contributed by atoms with E-state index in [1.165, 1.54) is 6.20 Å². The number of halogens is 1. The second-order valence-corrected chi connectivity index (χ2v) is 4.40. The number of hydrogen-bond acceptors (Lipinski definition) is 4. The number of nitriles is 1. The van der Waals surface area contributed by atoms with Gasteiger partial charge >= 0.3 is 0 Å². The molecule has 96 valence electrons. The average Bonchev–Trinajstić information content (AvgIpc) is 2.50. The van der Waals surface area contributed by atoms with Crippen molar-refractivity contribution < 1.29 is 4.74 Å². The lowest BCUT2D eigenvalue weighted by Crippen LogP contribution is -1.92. The van der Waals surface area contributed by atoms with Gasteiger partial charge in [0.25, 0.3) is 0 Å². The van der Waals surface area contributed by atoms with Crippen LogP contribution in [0.5, 0.6) is 11.6 Å². The normalized spacial score (nSPS) is 10.2. The zero-order valence-electron chi connectivity index (χ0n) is 10.2. The minimum atomic E-state index is 0.205. The largest absolute Gasteiger partial charge is 0.437 e. The number of nitrogens with zero attached hydrogens (tertiary/aromatic N) is 3. The van der Waals surface area contributed by atoms with Crippen molar-refractivity contribution in [1.82, 2.24) is 9.97 Å². The Hall–Kier alpha value is -2.64. The van der Waals surface area contributed by atoms with Crippen molar-refractivity contribution in [3.8, 4) is 17.7 Å². The van der Waals surface area contributed by atoms with E-state index >= 15 is 0 Å². The Kier molecular flexibility index (Phi) is 3.20. The van der Waals surface area contributed by atoms with Gasteiger partial charge in [-0.25, -0.2) is 4.98 Å². The molecular formula is C15H8ClN3O. The van der Waals surface area contributed by atoms with Gasteiger partial charge in [-0.3, -0.25) is 4.98 Å². The van der Waals surface area contributed by atoms with Crippen LogP contribution in [0.3, 0.4) is 0 Å². The molecule has 0 spiro atoms. The van der Waals surface area contributed by atoms with Gasteiger partial charge in [-0.15, -0.1) is 0 Å². The smallest absolute Gasteiger partial charge is 0.239 e. The number of hydrogen-bond donors (Lipinski definition) is 0. The van der Waals surface area contributed by atoms with E-state index in [0.717, 1.165) is 10.9 Å². The van der Waals surface area contributed by atoms with Crippen molar-refractivity contribution in [2.45, 2.75) is 0 Å². The van der Waals surface area contributed by atoms with Gasteiger partial charge in [-0.2, -0.15) is 5.26 Å². The Bertz CT molecular complexity index is 821. The second-order valence-electron chi connectivity index (χ2n) is 4.02. The third-order valence-corrected chi connectivity index (χ3v) is 3.16. The molecule has 4 nitrogen and oxygen atoms in total. The lowest BCUT2D eigenvalue weighted by atomic mass is 10.2. The number of rotatable bonds is 2. The number of aromatic nitrogens is 2. The second kappa shape index (κ2) is 5.16. The zero-order valence-corrected chi connectivity index (χ0v) is 11.0. The molecule has 0 fully saturated rings. The summed E-state index contributed by atoms with van der Waals surface area (Å²) in [4.78, 5) is 8.32. The molecule has 0 N–H and O–H groups in total. The molecule has 3 rings (SSSR count). The van der Waals surface area contributed by atoms with Crippen LogP contribution in [-0.4, -0.2) is 9.97 Å². The Labute approximate surface area is 120 Å². The fourth-order valence-corrected chi connectivity index (χ4v) is 2.04. The van der Waals surface area contributed by atoms with E-state index in [1.54, 1.807) is 18.3 Å². The van der Waals surface area contributed by atoms with Gasteiger partial charge in [-0.1, -0.05) is 17.7 Å². The monoisotopic (exact) mass is 281 g/mol. The highest BCUT2D eigenvalue weighted by atomic mass is 35.5. The van der Waals surface area contributed by atoms with Gasteiger partial charge in [0.1, 0.15) is 16.8 Å². The molecule has 3 aromatic rings. The van der Waals surface area contributed by atoms with E-state index < -0.39 is 0 Å². The molecule has 0 unspecified atom stereocenters. The molecule has 0 amide bonds. The van der Waals surface area contributed by atoms with Crippen LogP contribution >= 0.6 is 11.6 Å². The van der Waals surface area contributed by atoms with Gasteiger partial charge in [0.15, 0.2) is 0 Å². The van der Waals surface area contributed by atoms with E-state index in [2.05, 4.69) is 9.97 Å². The van der Waals surface area contributed by atoms with Crippen molar-refractivity contribution in [2.75, 3.05) is 0 Å². The van der Waals surface area contributed by atoms with E-state index in [1.807, 2.05) is 30.3 Å². The van der Waals surface area contributed by atoms with Gasteiger partial charge < -0.3 is 4.74 Å². The average molecular weight is 282 g/mol. The molecule has 1 aromatic carbocycles. The van der Waals surface area contributed by atoms with E-state index in [0.29, 0.717) is 11.3 Å². The highest BCUT2D eigenvalue weighted by molar-refractivity contribution is 6.33. The standard InChI is InChI=1S/C15H8ClN3O/c16-14-10(9-17)6-8-19-15(14)20-13-5-1-4-12-11(13)3-2-7-18-12/h1-8H. The fourth-order valence-electron chi connectivity index (χ4n) is 1.85. The lowest BCUT2D eigenvalue weighted by Gasteiger charge is -2.09. The molecular weight excluding hydrogens is 274 g/mol. The molecule has 0 atom stereocenters. The van der Waals surface area contributed by atoms with E-state index in [9.17, 15) is 0 Å². The summed E-state index contributed by atoms with van der Waals surface area (Å²) in [6.45, 7) is 0. The minimum absolute atomic E-state index is 0.205. The van der Waals surface area contributed by atoms with Crippen LogP contribution in [0.2, 0.25) is 5.02 Å². The van der Waals surface area contributed by atoms with Gasteiger partial charge in [0.2, 0.25) is 5.88 Å². The predicted molar refractivity (Wildman–Crippen MR) is 75.8 cm³/mol. The van der Waals surface area contributed by atoms with Crippen molar-refractivity contribution in [1.29, 1.82) is 5.26 Å². The van der Waals surface area contributed by atoms with Crippen LogP contribution < -0.4 is 4.74 Å². The molecule has 0 aliphatic heterocycles. The molecule has 0 bridgehead atoms. The van der Waals surface area contributed by atoms with E-state index in [4.69, 9.17) is 21.6 Å².